The number of benzene rings is 2. The zero-order valence-corrected chi connectivity index (χ0v) is 15.9. The number of anilines is 1. The van der Waals surface area contributed by atoms with Crippen LogP contribution < -0.4 is 24.4 Å². The lowest BCUT2D eigenvalue weighted by molar-refractivity contribution is -0.122. The highest BCUT2D eigenvalue weighted by molar-refractivity contribution is 6.39. The van der Waals surface area contributed by atoms with E-state index in [2.05, 4.69) is 5.32 Å². The summed E-state index contributed by atoms with van der Waals surface area (Å²) in [5.41, 5.74) is 0.256. The predicted octanol–water partition coefficient (Wildman–Crippen LogP) is 2.08. The molecule has 0 unspecified atom stereocenters. The van der Waals surface area contributed by atoms with Gasteiger partial charge in [0.05, 0.1) is 27.0 Å². The fourth-order valence-electron chi connectivity index (χ4n) is 2.85. The maximum Gasteiger partial charge on any atom is 0.336 e. The molecule has 9 nitrogen and oxygen atoms in total. The summed E-state index contributed by atoms with van der Waals surface area (Å²) in [5.74, 6) is -1.42. The molecule has 2 aromatic carbocycles. The number of phenolic OH excluding ortho intramolecular Hbond substituents is 1. The summed E-state index contributed by atoms with van der Waals surface area (Å²) in [6, 6.07) is 8.40. The van der Waals surface area contributed by atoms with Crippen LogP contribution in [0.2, 0.25) is 0 Å². The van der Waals surface area contributed by atoms with Crippen molar-refractivity contribution in [1.29, 1.82) is 0 Å². The van der Waals surface area contributed by atoms with Crippen LogP contribution in [0, 0.1) is 0 Å². The third kappa shape index (κ3) is 3.57. The van der Waals surface area contributed by atoms with Gasteiger partial charge in [-0.2, -0.15) is 0 Å². The van der Waals surface area contributed by atoms with E-state index in [1.165, 1.54) is 45.6 Å². The first-order chi connectivity index (χ1) is 13.9. The highest BCUT2D eigenvalue weighted by Gasteiger charge is 2.38. The average molecular weight is 398 g/mol. The van der Waals surface area contributed by atoms with E-state index in [9.17, 15) is 19.5 Å². The van der Waals surface area contributed by atoms with Crippen molar-refractivity contribution >= 4 is 29.6 Å². The van der Waals surface area contributed by atoms with Gasteiger partial charge >= 0.3 is 6.03 Å². The standard InChI is InChI=1S/C20H18N2O7/c1-27-14-7-5-4-6-13(14)22-19(25)12(18(24)21-20(22)26)8-11-9-15(28-2)17(23)16(10-11)29-3/h4-10,23H,1-3H3,(H,21,24,26). The zero-order valence-electron chi connectivity index (χ0n) is 15.9. The normalized spacial score (nSPS) is 15.3. The molecule has 0 aliphatic carbocycles. The van der Waals surface area contributed by atoms with Gasteiger partial charge in [-0.3, -0.25) is 14.9 Å². The minimum absolute atomic E-state index is 0.0949. The molecule has 1 aliphatic heterocycles. The lowest BCUT2D eigenvalue weighted by Gasteiger charge is -2.27. The van der Waals surface area contributed by atoms with Crippen LogP contribution in [0.15, 0.2) is 42.0 Å². The van der Waals surface area contributed by atoms with Crippen LogP contribution in [0.25, 0.3) is 6.08 Å². The lowest BCUT2D eigenvalue weighted by atomic mass is 10.1. The minimum Gasteiger partial charge on any atom is -0.502 e. The SMILES string of the molecule is COc1ccccc1N1C(=O)NC(=O)C(=Cc2cc(OC)c(O)c(OC)c2)C1=O. The number of methoxy groups -OCH3 is 3. The molecular weight excluding hydrogens is 380 g/mol. The lowest BCUT2D eigenvalue weighted by Crippen LogP contribution is -2.54. The van der Waals surface area contributed by atoms with E-state index in [-0.39, 0.29) is 34.3 Å². The highest BCUT2D eigenvalue weighted by atomic mass is 16.5. The van der Waals surface area contributed by atoms with Crippen LogP contribution in [0.5, 0.6) is 23.0 Å². The number of carbonyl (C=O) groups excluding carboxylic acids is 3. The molecule has 3 rings (SSSR count). The smallest absolute Gasteiger partial charge is 0.336 e. The van der Waals surface area contributed by atoms with Gasteiger partial charge in [0.25, 0.3) is 11.8 Å². The number of nitrogens with one attached hydrogen (secondary N) is 1. The molecule has 29 heavy (non-hydrogen) atoms. The molecule has 9 heteroatoms. The number of imide groups is 2. The number of nitrogens with zero attached hydrogens (tertiary/aromatic N) is 1. The Hall–Kier alpha value is -4.01. The van der Waals surface area contributed by atoms with Gasteiger partial charge in [-0.25, -0.2) is 9.69 Å². The van der Waals surface area contributed by atoms with E-state index in [0.717, 1.165) is 4.90 Å². The van der Waals surface area contributed by atoms with Crippen molar-refractivity contribution in [3.05, 3.63) is 47.5 Å². The fraction of sp³-hybridized carbons (Fsp3) is 0.150. The Morgan fingerprint density at radius 1 is 0.931 bits per heavy atom. The topological polar surface area (TPSA) is 114 Å². The van der Waals surface area contributed by atoms with Crippen molar-refractivity contribution in [2.45, 2.75) is 0 Å². The Balaban J connectivity index is 2.09. The summed E-state index contributed by atoms with van der Waals surface area (Å²) >= 11 is 0. The Bertz CT molecular complexity index is 1000. The summed E-state index contributed by atoms with van der Waals surface area (Å²) in [5, 5.41) is 12.2. The molecule has 150 valence electrons. The largest absolute Gasteiger partial charge is 0.502 e. The van der Waals surface area contributed by atoms with E-state index in [0.29, 0.717) is 5.56 Å². The third-order valence-electron chi connectivity index (χ3n) is 4.24. The monoisotopic (exact) mass is 398 g/mol. The number of ether oxygens (including phenoxy) is 3. The molecule has 1 saturated heterocycles. The molecule has 0 aromatic heterocycles. The third-order valence-corrected chi connectivity index (χ3v) is 4.24. The molecule has 0 bridgehead atoms. The Labute approximate surface area is 166 Å². The van der Waals surface area contributed by atoms with Gasteiger partial charge in [-0.05, 0) is 35.9 Å². The Morgan fingerprint density at radius 2 is 1.52 bits per heavy atom. The summed E-state index contributed by atoms with van der Waals surface area (Å²) in [7, 11) is 4.11. The number of amides is 4. The molecule has 0 radical (unpaired) electrons. The quantitative estimate of drug-likeness (QED) is 0.585. The van der Waals surface area contributed by atoms with Crippen LogP contribution in [0.3, 0.4) is 0 Å². The van der Waals surface area contributed by atoms with Gasteiger partial charge in [0.1, 0.15) is 11.3 Å². The van der Waals surface area contributed by atoms with E-state index in [4.69, 9.17) is 14.2 Å². The zero-order chi connectivity index (χ0) is 21.1. The summed E-state index contributed by atoms with van der Waals surface area (Å²) in [6.07, 6.45) is 1.27. The van der Waals surface area contributed by atoms with Gasteiger partial charge in [0.2, 0.25) is 5.75 Å². The first-order valence-electron chi connectivity index (χ1n) is 8.40. The van der Waals surface area contributed by atoms with Crippen LogP contribution in [0.1, 0.15) is 5.56 Å². The molecule has 2 aromatic rings. The highest BCUT2D eigenvalue weighted by Crippen LogP contribution is 2.38. The molecule has 1 fully saturated rings. The molecule has 1 aliphatic rings. The van der Waals surface area contributed by atoms with E-state index >= 15 is 0 Å². The van der Waals surface area contributed by atoms with Gasteiger partial charge < -0.3 is 19.3 Å². The maximum atomic E-state index is 13.0. The van der Waals surface area contributed by atoms with Crippen LogP contribution in [-0.2, 0) is 9.59 Å². The molecular formula is C20H18N2O7. The molecule has 0 spiro atoms. The molecule has 2 N–H and O–H groups in total. The number of hydrogen-bond donors (Lipinski definition) is 2. The first kappa shape index (κ1) is 19.7. The second kappa shape index (κ2) is 7.93. The van der Waals surface area contributed by atoms with Crippen molar-refractivity contribution in [3.8, 4) is 23.0 Å². The number of rotatable bonds is 5. The number of urea groups is 1. The van der Waals surface area contributed by atoms with Crippen molar-refractivity contribution in [2.75, 3.05) is 26.2 Å². The van der Waals surface area contributed by atoms with Crippen LogP contribution >= 0.6 is 0 Å². The van der Waals surface area contributed by atoms with Crippen LogP contribution in [0.4, 0.5) is 10.5 Å². The molecule has 4 amide bonds. The summed E-state index contributed by atoms with van der Waals surface area (Å²) in [6.45, 7) is 0. The van der Waals surface area contributed by atoms with Gasteiger partial charge in [0.15, 0.2) is 11.5 Å². The van der Waals surface area contributed by atoms with Crippen molar-refractivity contribution in [2.24, 2.45) is 0 Å². The van der Waals surface area contributed by atoms with Crippen molar-refractivity contribution in [1.82, 2.24) is 5.32 Å². The second-order valence-corrected chi connectivity index (χ2v) is 5.90. The van der Waals surface area contributed by atoms with Crippen molar-refractivity contribution < 1.29 is 33.7 Å². The first-order valence-corrected chi connectivity index (χ1v) is 8.40. The Kier molecular flexibility index (Phi) is 5.40. The van der Waals surface area contributed by atoms with E-state index in [1.54, 1.807) is 18.2 Å². The summed E-state index contributed by atoms with van der Waals surface area (Å²) < 4.78 is 15.4. The number of aromatic hydroxyl groups is 1. The van der Waals surface area contributed by atoms with Gasteiger partial charge in [-0.1, -0.05) is 12.1 Å². The number of phenols is 1. The van der Waals surface area contributed by atoms with Gasteiger partial charge in [0, 0.05) is 0 Å². The predicted molar refractivity (Wildman–Crippen MR) is 103 cm³/mol. The number of hydrogen-bond acceptors (Lipinski definition) is 7. The van der Waals surface area contributed by atoms with Crippen molar-refractivity contribution in [3.63, 3.8) is 0 Å². The fourth-order valence-corrected chi connectivity index (χ4v) is 2.85. The van der Waals surface area contributed by atoms with E-state index in [1.807, 2.05) is 0 Å². The minimum atomic E-state index is -0.887. The maximum absolute atomic E-state index is 13.0. The number of barbiturate groups is 1. The molecule has 0 atom stereocenters. The van der Waals surface area contributed by atoms with Gasteiger partial charge in [-0.15, -0.1) is 0 Å². The number of carbonyl (C=O) groups is 3. The van der Waals surface area contributed by atoms with Crippen LogP contribution in [-0.4, -0.2) is 44.3 Å². The average Bonchev–Trinajstić information content (AvgIpc) is 2.72. The Morgan fingerprint density at radius 3 is 2.10 bits per heavy atom. The second-order valence-electron chi connectivity index (χ2n) is 5.90. The summed E-state index contributed by atoms with van der Waals surface area (Å²) in [4.78, 5) is 38.5. The molecule has 0 saturated carbocycles. The van der Waals surface area contributed by atoms with E-state index < -0.39 is 17.8 Å². The molecule has 1 heterocycles. The number of para-hydroxylation sites is 2.